The molecule has 0 saturated carbocycles. The van der Waals surface area contributed by atoms with Gasteiger partial charge in [-0.1, -0.05) is 12.1 Å². The van der Waals surface area contributed by atoms with Crippen LogP contribution in [0.25, 0.3) is 0 Å². The van der Waals surface area contributed by atoms with Crippen LogP contribution in [0.15, 0.2) is 24.3 Å². The lowest BCUT2D eigenvalue weighted by molar-refractivity contribution is -0.252. The molecule has 130 valence electrons. The van der Waals surface area contributed by atoms with Gasteiger partial charge in [-0.3, -0.25) is 0 Å². The number of ether oxygens (including phenoxy) is 5. The quantitative estimate of drug-likeness (QED) is 0.428. The largest absolute Gasteiger partial charge is 0.479 e. The van der Waals surface area contributed by atoms with E-state index in [2.05, 4.69) is 0 Å². The first kappa shape index (κ1) is 19.3. The Morgan fingerprint density at radius 1 is 1.09 bits per heavy atom. The summed E-state index contributed by atoms with van der Waals surface area (Å²) in [5.74, 6) is -1.03. The van der Waals surface area contributed by atoms with Crippen molar-refractivity contribution in [3.05, 3.63) is 29.8 Å². The molecule has 0 heterocycles. The van der Waals surface area contributed by atoms with Gasteiger partial charge in [0.05, 0.1) is 26.4 Å². The summed E-state index contributed by atoms with van der Waals surface area (Å²) in [4.78, 5) is 10.8. The van der Waals surface area contributed by atoms with E-state index < -0.39 is 18.5 Å². The van der Waals surface area contributed by atoms with Gasteiger partial charge in [0.25, 0.3) is 0 Å². The molecule has 1 unspecified atom stereocenters. The zero-order chi connectivity index (χ0) is 17.1. The fourth-order valence-corrected chi connectivity index (χ4v) is 1.58. The van der Waals surface area contributed by atoms with Crippen molar-refractivity contribution in [1.29, 1.82) is 0 Å². The summed E-state index contributed by atoms with van der Waals surface area (Å²) in [7, 11) is 3.09. The maximum Gasteiger partial charge on any atom is 0.337 e. The van der Waals surface area contributed by atoms with Gasteiger partial charge in [-0.2, -0.15) is 0 Å². The molecule has 0 amide bonds. The molecular weight excluding hydrogens is 308 g/mol. The van der Waals surface area contributed by atoms with Gasteiger partial charge in [0.2, 0.25) is 0 Å². The number of methoxy groups -OCH3 is 2. The van der Waals surface area contributed by atoms with Gasteiger partial charge in [-0.05, 0) is 17.7 Å². The van der Waals surface area contributed by atoms with Gasteiger partial charge in [-0.25, -0.2) is 4.79 Å². The second-order valence-electron chi connectivity index (χ2n) is 4.45. The molecule has 8 heteroatoms. The number of carbonyl (C=O) groups is 1. The molecule has 0 aromatic heterocycles. The number of carboxylic acid groups (broad SMARTS) is 1. The van der Waals surface area contributed by atoms with Crippen molar-refractivity contribution in [2.24, 2.45) is 0 Å². The Morgan fingerprint density at radius 3 is 2.22 bits per heavy atom. The number of benzene rings is 1. The molecule has 23 heavy (non-hydrogen) atoms. The smallest absolute Gasteiger partial charge is 0.337 e. The first-order chi connectivity index (χ1) is 11.1. The molecule has 2 N–H and O–H groups in total. The normalized spacial score (nSPS) is 12.3. The number of hydrogen-bond acceptors (Lipinski definition) is 7. The lowest BCUT2D eigenvalue weighted by Gasteiger charge is -2.20. The summed E-state index contributed by atoms with van der Waals surface area (Å²) in [5, 5.41) is 18.4. The van der Waals surface area contributed by atoms with Crippen molar-refractivity contribution in [3.63, 3.8) is 0 Å². The van der Waals surface area contributed by atoms with E-state index in [1.807, 2.05) is 0 Å². The van der Waals surface area contributed by atoms with Crippen molar-refractivity contribution < 1.29 is 38.7 Å². The average Bonchev–Trinajstić information content (AvgIpc) is 2.54. The highest BCUT2D eigenvalue weighted by atomic mass is 16.8. The lowest BCUT2D eigenvalue weighted by Crippen LogP contribution is -2.27. The molecule has 0 bridgehead atoms. The summed E-state index contributed by atoms with van der Waals surface area (Å²) in [6.45, 7) is 0.241. The van der Waals surface area contributed by atoms with Crippen LogP contribution in [0.3, 0.4) is 0 Å². The summed E-state index contributed by atoms with van der Waals surface area (Å²) in [6.07, 6.45) is -1.62. The fraction of sp³-hybridized carbons (Fsp3) is 0.533. The highest BCUT2D eigenvalue weighted by Gasteiger charge is 2.18. The Bertz CT molecular complexity index is 455. The zero-order valence-corrected chi connectivity index (χ0v) is 13.1. The van der Waals surface area contributed by atoms with Crippen molar-refractivity contribution in [3.8, 4) is 5.75 Å². The van der Waals surface area contributed by atoms with E-state index in [1.54, 1.807) is 26.4 Å². The SMILES string of the molecule is COCCOC(OCCOC)Oc1cccc(C(O)C(=O)O)c1. The van der Waals surface area contributed by atoms with E-state index in [4.69, 9.17) is 28.8 Å². The standard InChI is InChI=1S/C15H22O8/c1-19-6-8-21-15(22-9-7-20-2)23-12-5-3-4-11(10-12)13(16)14(17)18/h3-5,10,13,15-16H,6-9H2,1-2H3,(H,17,18). The predicted octanol–water partition coefficient (Wildman–Crippen LogP) is 0.793. The Morgan fingerprint density at radius 2 is 1.70 bits per heavy atom. The first-order valence-corrected chi connectivity index (χ1v) is 6.97. The summed E-state index contributed by atoms with van der Waals surface area (Å²) >= 11 is 0. The van der Waals surface area contributed by atoms with Gasteiger partial charge in [0.1, 0.15) is 5.75 Å². The zero-order valence-electron chi connectivity index (χ0n) is 13.1. The minimum absolute atomic E-state index is 0.197. The molecule has 8 nitrogen and oxygen atoms in total. The number of aliphatic hydroxyl groups excluding tert-OH is 1. The maximum atomic E-state index is 10.8. The molecule has 0 saturated heterocycles. The van der Waals surface area contributed by atoms with Crippen molar-refractivity contribution >= 4 is 5.97 Å². The second kappa shape index (κ2) is 10.9. The van der Waals surface area contributed by atoms with E-state index >= 15 is 0 Å². The Labute approximate surface area is 134 Å². The van der Waals surface area contributed by atoms with Gasteiger partial charge in [0, 0.05) is 14.2 Å². The molecule has 0 aliphatic carbocycles. The maximum absolute atomic E-state index is 10.8. The summed E-state index contributed by atoms with van der Waals surface area (Å²) in [6, 6.07) is 6.06. The fourth-order valence-electron chi connectivity index (χ4n) is 1.58. The van der Waals surface area contributed by atoms with Crippen molar-refractivity contribution in [1.82, 2.24) is 0 Å². The molecule has 1 atom stereocenters. The molecule has 0 aliphatic rings. The first-order valence-electron chi connectivity index (χ1n) is 6.97. The highest BCUT2D eigenvalue weighted by molar-refractivity contribution is 5.74. The predicted molar refractivity (Wildman–Crippen MR) is 79.1 cm³/mol. The van der Waals surface area contributed by atoms with Crippen LogP contribution in [0.4, 0.5) is 0 Å². The molecule has 0 aliphatic heterocycles. The number of aliphatic hydroxyl groups is 1. The Kier molecular flexibility index (Phi) is 9.18. The monoisotopic (exact) mass is 330 g/mol. The molecule has 0 fully saturated rings. The number of rotatable bonds is 12. The van der Waals surface area contributed by atoms with Gasteiger partial charge >= 0.3 is 12.4 Å². The van der Waals surface area contributed by atoms with E-state index in [1.165, 1.54) is 12.1 Å². The van der Waals surface area contributed by atoms with Crippen LogP contribution in [0.1, 0.15) is 11.7 Å². The average molecular weight is 330 g/mol. The second-order valence-corrected chi connectivity index (χ2v) is 4.45. The van der Waals surface area contributed by atoms with E-state index in [0.717, 1.165) is 0 Å². The van der Waals surface area contributed by atoms with Crippen LogP contribution in [0.5, 0.6) is 5.75 Å². The van der Waals surface area contributed by atoms with Crippen LogP contribution < -0.4 is 4.74 Å². The van der Waals surface area contributed by atoms with Gasteiger partial charge < -0.3 is 33.9 Å². The third kappa shape index (κ3) is 7.40. The van der Waals surface area contributed by atoms with E-state index in [9.17, 15) is 9.90 Å². The van der Waals surface area contributed by atoms with Crippen LogP contribution in [0, 0.1) is 0 Å². The topological polar surface area (TPSA) is 104 Å². The Hall–Kier alpha value is -1.71. The lowest BCUT2D eigenvalue weighted by atomic mass is 10.1. The summed E-state index contributed by atoms with van der Waals surface area (Å²) < 4.78 is 26.0. The molecule has 0 spiro atoms. The van der Waals surface area contributed by atoms with Crippen molar-refractivity contribution in [2.45, 2.75) is 12.6 Å². The highest BCUT2D eigenvalue weighted by Crippen LogP contribution is 2.21. The minimum Gasteiger partial charge on any atom is -0.479 e. The third-order valence-electron chi connectivity index (χ3n) is 2.72. The van der Waals surface area contributed by atoms with E-state index in [-0.39, 0.29) is 18.8 Å². The molecular formula is C15H22O8. The molecule has 0 radical (unpaired) electrons. The molecule has 1 rings (SSSR count). The van der Waals surface area contributed by atoms with Gasteiger partial charge in [-0.15, -0.1) is 0 Å². The number of aliphatic carboxylic acids is 1. The summed E-state index contributed by atoms with van der Waals surface area (Å²) in [5.41, 5.74) is 0.197. The van der Waals surface area contributed by atoms with Crippen LogP contribution in [0.2, 0.25) is 0 Å². The van der Waals surface area contributed by atoms with Crippen LogP contribution >= 0.6 is 0 Å². The third-order valence-corrected chi connectivity index (χ3v) is 2.72. The van der Waals surface area contributed by atoms with Crippen LogP contribution in [-0.2, 0) is 23.7 Å². The Balaban J connectivity index is 2.68. The molecule has 1 aromatic carbocycles. The molecule has 1 aromatic rings. The number of carboxylic acids is 1. The minimum atomic E-state index is -1.62. The van der Waals surface area contributed by atoms with Gasteiger partial charge in [0.15, 0.2) is 6.10 Å². The number of hydrogen-bond donors (Lipinski definition) is 2. The van der Waals surface area contributed by atoms with Crippen molar-refractivity contribution in [2.75, 3.05) is 40.6 Å². The van der Waals surface area contributed by atoms with E-state index in [0.29, 0.717) is 19.0 Å². The van der Waals surface area contributed by atoms with Crippen LogP contribution in [-0.4, -0.2) is 63.3 Å².